The number of ether oxygens (including phenoxy) is 1. The van der Waals surface area contributed by atoms with Crippen LogP contribution in [0.25, 0.3) is 0 Å². The first-order valence-electron chi connectivity index (χ1n) is 3.55. The Bertz CT molecular complexity index is 230. The van der Waals surface area contributed by atoms with Crippen molar-refractivity contribution in [3.05, 3.63) is 12.2 Å². The Labute approximate surface area is 80.5 Å². The molecule has 1 nitrogen and oxygen atoms in total. The van der Waals surface area contributed by atoms with E-state index in [1.807, 2.05) is 0 Å². The molecule has 0 N–H and O–H groups in total. The maximum Gasteiger partial charge on any atom is 0.460 e. The molecule has 0 atom stereocenters. The van der Waals surface area contributed by atoms with Crippen molar-refractivity contribution in [1.82, 2.24) is 0 Å². The van der Waals surface area contributed by atoms with E-state index < -0.39 is 30.7 Å². The van der Waals surface area contributed by atoms with Crippen molar-refractivity contribution in [2.45, 2.75) is 18.0 Å². The van der Waals surface area contributed by atoms with Gasteiger partial charge < -0.3 is 4.74 Å². The summed E-state index contributed by atoms with van der Waals surface area (Å²) in [6, 6.07) is 0. The van der Waals surface area contributed by atoms with Gasteiger partial charge in [0, 0.05) is 7.11 Å². The average Bonchev–Trinajstić information content (AvgIpc) is 2.02. The first kappa shape index (κ1) is 14.2. The fourth-order valence-electron chi connectivity index (χ4n) is 0.586. The third-order valence-corrected chi connectivity index (χ3v) is 1.36. The summed E-state index contributed by atoms with van der Waals surface area (Å²) in [7, 11) is 1.07. The summed E-state index contributed by atoms with van der Waals surface area (Å²) >= 11 is 0. The Morgan fingerprint density at radius 2 is 1.47 bits per heavy atom. The number of methoxy groups -OCH3 is 1. The Morgan fingerprint density at radius 3 is 1.80 bits per heavy atom. The molecule has 15 heavy (non-hydrogen) atoms. The molecule has 0 aliphatic carbocycles. The van der Waals surface area contributed by atoms with E-state index in [4.69, 9.17) is 0 Å². The zero-order chi connectivity index (χ0) is 12.3. The molecule has 0 aliphatic rings. The highest BCUT2D eigenvalue weighted by Gasteiger charge is 2.71. The lowest BCUT2D eigenvalue weighted by molar-refractivity contribution is -0.341. The van der Waals surface area contributed by atoms with E-state index in [2.05, 4.69) is 4.74 Å². The van der Waals surface area contributed by atoms with Gasteiger partial charge >= 0.3 is 18.0 Å². The topological polar surface area (TPSA) is 9.23 Å². The van der Waals surface area contributed by atoms with Crippen LogP contribution in [0.5, 0.6) is 0 Å². The second-order valence-electron chi connectivity index (χ2n) is 2.55. The molecule has 0 amide bonds. The molecule has 0 aromatic rings. The molecule has 0 saturated carbocycles. The zero-order valence-corrected chi connectivity index (χ0v) is 7.42. The molecular formula is C7H7F7O. The van der Waals surface area contributed by atoms with Crippen LogP contribution in [0.3, 0.4) is 0 Å². The second kappa shape index (κ2) is 4.38. The highest BCUT2D eigenvalue weighted by molar-refractivity contribution is 5.05. The number of hydrogen-bond acceptors (Lipinski definition) is 1. The predicted molar refractivity (Wildman–Crippen MR) is 37.0 cm³/mol. The van der Waals surface area contributed by atoms with E-state index in [1.54, 1.807) is 0 Å². The molecule has 0 aromatic carbocycles. The Kier molecular flexibility index (Phi) is 4.15. The van der Waals surface area contributed by atoms with Gasteiger partial charge in [0.1, 0.15) is 0 Å². The largest absolute Gasteiger partial charge is 0.460 e. The highest BCUT2D eigenvalue weighted by Crippen LogP contribution is 2.46. The van der Waals surface area contributed by atoms with Gasteiger partial charge in [-0.1, -0.05) is 6.08 Å². The molecule has 0 bridgehead atoms. The van der Waals surface area contributed by atoms with E-state index in [9.17, 15) is 30.7 Å². The van der Waals surface area contributed by atoms with Crippen LogP contribution >= 0.6 is 0 Å². The van der Waals surface area contributed by atoms with Crippen LogP contribution in [0.15, 0.2) is 12.2 Å². The van der Waals surface area contributed by atoms with E-state index in [-0.39, 0.29) is 0 Å². The fraction of sp³-hybridized carbons (Fsp3) is 0.714. The highest BCUT2D eigenvalue weighted by atomic mass is 19.4. The van der Waals surface area contributed by atoms with Gasteiger partial charge in [-0.2, -0.15) is 30.7 Å². The van der Waals surface area contributed by atoms with Crippen molar-refractivity contribution >= 4 is 0 Å². The van der Waals surface area contributed by atoms with Crippen molar-refractivity contribution in [3.63, 3.8) is 0 Å². The number of hydrogen-bond donors (Lipinski definition) is 0. The summed E-state index contributed by atoms with van der Waals surface area (Å²) in [4.78, 5) is 0. The summed E-state index contributed by atoms with van der Waals surface area (Å²) in [5.41, 5.74) is 0. The molecule has 0 aromatic heterocycles. The summed E-state index contributed by atoms with van der Waals surface area (Å²) < 4.78 is 88.0. The van der Waals surface area contributed by atoms with Gasteiger partial charge in [0.2, 0.25) is 0 Å². The van der Waals surface area contributed by atoms with Gasteiger partial charge in [-0.3, -0.25) is 0 Å². The SMILES string of the molecule is COCC=CC(F)(F)C(F)(F)C(F)(F)F. The molecule has 0 saturated heterocycles. The maximum absolute atomic E-state index is 12.4. The van der Waals surface area contributed by atoms with Crippen LogP contribution < -0.4 is 0 Å². The van der Waals surface area contributed by atoms with Crippen LogP contribution in [-0.4, -0.2) is 31.7 Å². The predicted octanol–water partition coefficient (Wildman–Crippen LogP) is 3.02. The Balaban J connectivity index is 4.85. The van der Waals surface area contributed by atoms with Crippen molar-refractivity contribution < 1.29 is 35.5 Å². The molecule has 0 rings (SSSR count). The van der Waals surface area contributed by atoms with E-state index in [0.29, 0.717) is 6.08 Å². The van der Waals surface area contributed by atoms with Crippen LogP contribution in [0, 0.1) is 0 Å². The van der Waals surface area contributed by atoms with Crippen molar-refractivity contribution in [2.24, 2.45) is 0 Å². The van der Waals surface area contributed by atoms with Gasteiger partial charge in [-0.15, -0.1) is 0 Å². The number of halogens is 7. The van der Waals surface area contributed by atoms with E-state index >= 15 is 0 Å². The van der Waals surface area contributed by atoms with E-state index in [1.165, 1.54) is 0 Å². The lowest BCUT2D eigenvalue weighted by Gasteiger charge is -2.25. The first-order valence-corrected chi connectivity index (χ1v) is 3.55. The van der Waals surface area contributed by atoms with Gasteiger partial charge in [0.25, 0.3) is 0 Å². The Morgan fingerprint density at radius 1 is 1.00 bits per heavy atom. The van der Waals surface area contributed by atoms with Gasteiger partial charge in [0.05, 0.1) is 6.61 Å². The third kappa shape index (κ3) is 3.08. The van der Waals surface area contributed by atoms with Crippen molar-refractivity contribution in [3.8, 4) is 0 Å². The van der Waals surface area contributed by atoms with Gasteiger partial charge in [-0.25, -0.2) is 0 Å². The first-order chi connectivity index (χ1) is 6.56. The lowest BCUT2D eigenvalue weighted by Crippen LogP contribution is -2.50. The summed E-state index contributed by atoms with van der Waals surface area (Å²) in [6.07, 6.45) is -6.43. The minimum absolute atomic E-state index is 0.389. The average molecular weight is 240 g/mol. The van der Waals surface area contributed by atoms with Gasteiger partial charge in [-0.05, 0) is 6.08 Å². The molecular weight excluding hydrogens is 233 g/mol. The van der Waals surface area contributed by atoms with Crippen LogP contribution in [-0.2, 0) is 4.74 Å². The fourth-order valence-corrected chi connectivity index (χ4v) is 0.586. The maximum atomic E-state index is 12.4. The van der Waals surface area contributed by atoms with Crippen LogP contribution in [0.2, 0.25) is 0 Å². The third-order valence-electron chi connectivity index (χ3n) is 1.36. The summed E-state index contributed by atoms with van der Waals surface area (Å²) in [6.45, 7) is -0.483. The number of allylic oxidation sites excluding steroid dienone is 1. The lowest BCUT2D eigenvalue weighted by atomic mass is 10.1. The zero-order valence-electron chi connectivity index (χ0n) is 7.42. The molecule has 0 unspecified atom stereocenters. The normalized spacial score (nSPS) is 14.9. The van der Waals surface area contributed by atoms with E-state index in [0.717, 1.165) is 7.11 Å². The summed E-state index contributed by atoms with van der Waals surface area (Å²) in [5, 5.41) is 0. The molecule has 0 aliphatic heterocycles. The molecule has 0 spiro atoms. The minimum atomic E-state index is -6.30. The molecule has 0 fully saturated rings. The van der Waals surface area contributed by atoms with Crippen molar-refractivity contribution in [1.29, 1.82) is 0 Å². The molecule has 8 heteroatoms. The van der Waals surface area contributed by atoms with Crippen LogP contribution in [0.1, 0.15) is 0 Å². The molecule has 90 valence electrons. The Hall–Kier alpha value is -0.790. The van der Waals surface area contributed by atoms with Crippen LogP contribution in [0.4, 0.5) is 30.7 Å². The number of alkyl halides is 7. The monoisotopic (exact) mass is 240 g/mol. The minimum Gasteiger partial charge on any atom is -0.381 e. The molecule has 0 heterocycles. The second-order valence-corrected chi connectivity index (χ2v) is 2.55. The van der Waals surface area contributed by atoms with Crippen molar-refractivity contribution in [2.75, 3.05) is 13.7 Å². The smallest absolute Gasteiger partial charge is 0.381 e. The quantitative estimate of drug-likeness (QED) is 0.542. The summed E-state index contributed by atoms with van der Waals surface area (Å²) in [5.74, 6) is -11.4. The number of rotatable bonds is 4. The standard InChI is InChI=1S/C7H7F7O/c1-15-4-2-3-5(8,9)6(10,11)7(12,13)14/h2-3H,4H2,1H3. The van der Waals surface area contributed by atoms with Gasteiger partial charge in [0.15, 0.2) is 0 Å². The molecule has 0 radical (unpaired) electrons.